The summed E-state index contributed by atoms with van der Waals surface area (Å²) >= 11 is 0. The van der Waals surface area contributed by atoms with Crippen LogP contribution in [0.15, 0.2) is 25.3 Å². The van der Waals surface area contributed by atoms with E-state index in [1.807, 2.05) is 13.8 Å². The molecule has 0 spiro atoms. The summed E-state index contributed by atoms with van der Waals surface area (Å²) in [5.41, 5.74) is 0. The molecule has 0 heterocycles. The second-order valence-electron chi connectivity index (χ2n) is 3.82. The van der Waals surface area contributed by atoms with Crippen LogP contribution < -0.4 is 5.32 Å². The SMILES string of the molecule is C=CCN(CC=C)S(=O)(=O)CCNC(C)C. The number of hydrogen-bond donors (Lipinski definition) is 1. The minimum atomic E-state index is -3.21. The van der Waals surface area contributed by atoms with Gasteiger partial charge in [-0.25, -0.2) is 8.42 Å². The van der Waals surface area contributed by atoms with Crippen molar-refractivity contribution in [1.29, 1.82) is 0 Å². The molecule has 1 N–H and O–H groups in total. The van der Waals surface area contributed by atoms with Crippen LogP contribution >= 0.6 is 0 Å². The van der Waals surface area contributed by atoms with Gasteiger partial charge in [0, 0.05) is 25.7 Å². The van der Waals surface area contributed by atoms with Crippen LogP contribution in [0.5, 0.6) is 0 Å². The van der Waals surface area contributed by atoms with Gasteiger partial charge >= 0.3 is 0 Å². The summed E-state index contributed by atoms with van der Waals surface area (Å²) in [4.78, 5) is 0. The van der Waals surface area contributed by atoms with Crippen LogP contribution in [-0.4, -0.2) is 44.2 Å². The third-order valence-electron chi connectivity index (χ3n) is 1.97. The van der Waals surface area contributed by atoms with E-state index in [-0.39, 0.29) is 5.75 Å². The Morgan fingerprint density at radius 2 is 1.75 bits per heavy atom. The van der Waals surface area contributed by atoms with Crippen molar-refractivity contribution in [2.75, 3.05) is 25.4 Å². The molecule has 4 nitrogen and oxygen atoms in total. The van der Waals surface area contributed by atoms with Gasteiger partial charge in [0.1, 0.15) is 0 Å². The van der Waals surface area contributed by atoms with Gasteiger partial charge in [0.25, 0.3) is 0 Å². The van der Waals surface area contributed by atoms with Crippen molar-refractivity contribution in [1.82, 2.24) is 9.62 Å². The molecule has 0 aromatic rings. The molecule has 5 heteroatoms. The quantitative estimate of drug-likeness (QED) is 0.617. The smallest absolute Gasteiger partial charge is 0.215 e. The van der Waals surface area contributed by atoms with Gasteiger partial charge in [-0.1, -0.05) is 26.0 Å². The van der Waals surface area contributed by atoms with Gasteiger partial charge in [-0.2, -0.15) is 4.31 Å². The van der Waals surface area contributed by atoms with Gasteiger partial charge in [-0.3, -0.25) is 0 Å². The molecule has 0 aromatic heterocycles. The van der Waals surface area contributed by atoms with Crippen molar-refractivity contribution in [3.05, 3.63) is 25.3 Å². The van der Waals surface area contributed by atoms with Gasteiger partial charge in [0.15, 0.2) is 0 Å². The van der Waals surface area contributed by atoms with E-state index in [1.54, 1.807) is 12.2 Å². The van der Waals surface area contributed by atoms with Crippen LogP contribution in [0.25, 0.3) is 0 Å². The minimum Gasteiger partial charge on any atom is -0.313 e. The minimum absolute atomic E-state index is 0.104. The van der Waals surface area contributed by atoms with E-state index in [0.717, 1.165) is 0 Å². The first-order chi connectivity index (χ1) is 7.44. The Morgan fingerprint density at radius 3 is 2.12 bits per heavy atom. The van der Waals surface area contributed by atoms with Gasteiger partial charge in [0.05, 0.1) is 5.75 Å². The summed E-state index contributed by atoms with van der Waals surface area (Å²) in [6, 6.07) is 0.294. The largest absolute Gasteiger partial charge is 0.313 e. The number of nitrogens with zero attached hydrogens (tertiary/aromatic N) is 1. The first kappa shape index (κ1) is 15.3. The number of nitrogens with one attached hydrogen (secondary N) is 1. The van der Waals surface area contributed by atoms with Crippen LogP contribution in [0.1, 0.15) is 13.8 Å². The lowest BCUT2D eigenvalue weighted by atomic mass is 10.4. The highest BCUT2D eigenvalue weighted by Crippen LogP contribution is 2.01. The molecule has 94 valence electrons. The summed E-state index contributed by atoms with van der Waals surface area (Å²) in [7, 11) is -3.21. The average molecular weight is 246 g/mol. The van der Waals surface area contributed by atoms with E-state index >= 15 is 0 Å². The zero-order chi connectivity index (χ0) is 12.6. The fourth-order valence-electron chi connectivity index (χ4n) is 1.20. The Labute approximate surface area is 99.1 Å². The van der Waals surface area contributed by atoms with Gasteiger partial charge in [-0.15, -0.1) is 13.2 Å². The Bertz CT molecular complexity index is 300. The number of rotatable bonds is 9. The summed E-state index contributed by atoms with van der Waals surface area (Å²) in [5.74, 6) is 0.104. The third kappa shape index (κ3) is 6.05. The van der Waals surface area contributed by atoms with Crippen molar-refractivity contribution in [3.8, 4) is 0 Å². The molecule has 0 bridgehead atoms. The van der Waals surface area contributed by atoms with E-state index in [9.17, 15) is 8.42 Å². The standard InChI is InChI=1S/C11H22N2O2S/c1-5-8-13(9-6-2)16(14,15)10-7-12-11(3)4/h5-6,11-12H,1-2,7-10H2,3-4H3. The Morgan fingerprint density at radius 1 is 1.25 bits per heavy atom. The molecule has 0 radical (unpaired) electrons. The highest BCUT2D eigenvalue weighted by atomic mass is 32.2. The third-order valence-corrected chi connectivity index (χ3v) is 3.78. The fourth-order valence-corrected chi connectivity index (χ4v) is 2.49. The van der Waals surface area contributed by atoms with Crippen LogP contribution in [-0.2, 0) is 10.0 Å². The normalized spacial score (nSPS) is 12.0. The average Bonchev–Trinajstić information content (AvgIpc) is 2.16. The maximum absolute atomic E-state index is 11.9. The van der Waals surface area contributed by atoms with Crippen molar-refractivity contribution in [2.24, 2.45) is 0 Å². The van der Waals surface area contributed by atoms with Crippen molar-refractivity contribution < 1.29 is 8.42 Å². The van der Waals surface area contributed by atoms with Crippen LogP contribution in [0.3, 0.4) is 0 Å². The molecule has 0 aliphatic carbocycles. The zero-order valence-corrected chi connectivity index (χ0v) is 11.0. The maximum Gasteiger partial charge on any atom is 0.215 e. The van der Waals surface area contributed by atoms with E-state index in [4.69, 9.17) is 0 Å². The summed E-state index contributed by atoms with van der Waals surface area (Å²) in [5, 5.41) is 3.08. The van der Waals surface area contributed by atoms with E-state index in [2.05, 4.69) is 18.5 Å². The van der Waals surface area contributed by atoms with Crippen molar-refractivity contribution >= 4 is 10.0 Å². The van der Waals surface area contributed by atoms with Gasteiger partial charge in [0.2, 0.25) is 10.0 Å². The fraction of sp³-hybridized carbons (Fsp3) is 0.636. The molecule has 16 heavy (non-hydrogen) atoms. The van der Waals surface area contributed by atoms with E-state index in [1.165, 1.54) is 4.31 Å². The molecule has 0 atom stereocenters. The van der Waals surface area contributed by atoms with Gasteiger partial charge in [-0.05, 0) is 0 Å². The molecule has 0 saturated carbocycles. The summed E-state index contributed by atoms with van der Waals surface area (Å²) in [6.07, 6.45) is 3.16. The molecule has 0 aromatic carbocycles. The summed E-state index contributed by atoms with van der Waals surface area (Å²) in [6.45, 7) is 12.2. The first-order valence-electron chi connectivity index (χ1n) is 5.37. The van der Waals surface area contributed by atoms with Crippen LogP contribution in [0.4, 0.5) is 0 Å². The number of hydrogen-bond acceptors (Lipinski definition) is 3. The van der Waals surface area contributed by atoms with E-state index < -0.39 is 10.0 Å². The number of sulfonamides is 1. The highest BCUT2D eigenvalue weighted by Gasteiger charge is 2.18. The molecule has 0 fully saturated rings. The van der Waals surface area contributed by atoms with Gasteiger partial charge < -0.3 is 5.32 Å². The molecule has 0 amide bonds. The topological polar surface area (TPSA) is 49.4 Å². The van der Waals surface area contributed by atoms with Crippen LogP contribution in [0, 0.1) is 0 Å². The first-order valence-corrected chi connectivity index (χ1v) is 6.98. The second-order valence-corrected chi connectivity index (χ2v) is 5.91. The monoisotopic (exact) mass is 246 g/mol. The molecule has 0 unspecified atom stereocenters. The predicted molar refractivity (Wildman–Crippen MR) is 68.9 cm³/mol. The maximum atomic E-state index is 11.9. The molecule has 0 aliphatic heterocycles. The lowest BCUT2D eigenvalue weighted by molar-refractivity contribution is 0.470. The summed E-state index contributed by atoms with van der Waals surface area (Å²) < 4.78 is 25.1. The predicted octanol–water partition coefficient (Wildman–Crippen LogP) is 0.988. The lowest BCUT2D eigenvalue weighted by Gasteiger charge is -2.19. The zero-order valence-electron chi connectivity index (χ0n) is 10.1. The Kier molecular flexibility index (Phi) is 7.29. The molecule has 0 saturated heterocycles. The van der Waals surface area contributed by atoms with Crippen LogP contribution in [0.2, 0.25) is 0 Å². The second kappa shape index (κ2) is 7.60. The van der Waals surface area contributed by atoms with Crippen molar-refractivity contribution in [2.45, 2.75) is 19.9 Å². The Balaban J connectivity index is 4.35. The molecule has 0 rings (SSSR count). The molecular formula is C11H22N2O2S. The Hall–Kier alpha value is -0.650. The molecule has 0 aliphatic rings. The van der Waals surface area contributed by atoms with Crippen molar-refractivity contribution in [3.63, 3.8) is 0 Å². The van der Waals surface area contributed by atoms with E-state index in [0.29, 0.717) is 25.7 Å². The highest BCUT2D eigenvalue weighted by molar-refractivity contribution is 7.89. The molecular weight excluding hydrogens is 224 g/mol. The lowest BCUT2D eigenvalue weighted by Crippen LogP contribution is -2.37.